The van der Waals surface area contributed by atoms with Crippen molar-refractivity contribution in [2.24, 2.45) is 0 Å². The minimum absolute atomic E-state index is 0.456. The number of likely N-dealkylation sites (N-methyl/N-ethyl adjacent to an activating group) is 1. The number of methoxy groups -OCH3 is 1. The van der Waals surface area contributed by atoms with Gasteiger partial charge in [0, 0.05) is 25.2 Å². The van der Waals surface area contributed by atoms with E-state index < -0.39 is 0 Å². The molecule has 1 heterocycles. The van der Waals surface area contributed by atoms with Crippen molar-refractivity contribution >= 4 is 5.69 Å². The van der Waals surface area contributed by atoms with Crippen LogP contribution >= 0.6 is 0 Å². The van der Waals surface area contributed by atoms with Crippen LogP contribution in [0.1, 0.15) is 24.8 Å². The number of nitriles is 1. The van der Waals surface area contributed by atoms with E-state index in [0.717, 1.165) is 30.1 Å². The van der Waals surface area contributed by atoms with Gasteiger partial charge in [-0.05, 0) is 38.4 Å². The SMILES string of the molecule is CNCC1CCCCN1c1cc(OC)ccc1C#N. The molecule has 0 spiro atoms. The van der Waals surface area contributed by atoms with Gasteiger partial charge in [0.05, 0.1) is 18.4 Å². The van der Waals surface area contributed by atoms with Gasteiger partial charge in [-0.2, -0.15) is 5.26 Å². The van der Waals surface area contributed by atoms with Gasteiger partial charge in [-0.1, -0.05) is 0 Å². The number of hydrogen-bond donors (Lipinski definition) is 1. The van der Waals surface area contributed by atoms with E-state index in [1.807, 2.05) is 25.2 Å². The molecule has 102 valence electrons. The first-order chi connectivity index (χ1) is 9.30. The highest BCUT2D eigenvalue weighted by Gasteiger charge is 2.24. The van der Waals surface area contributed by atoms with Gasteiger partial charge in [-0.25, -0.2) is 0 Å². The fraction of sp³-hybridized carbons (Fsp3) is 0.533. The summed E-state index contributed by atoms with van der Waals surface area (Å²) in [4.78, 5) is 2.35. The Kier molecular flexibility index (Phi) is 4.64. The molecule has 1 saturated heterocycles. The second-order valence-electron chi connectivity index (χ2n) is 4.90. The maximum Gasteiger partial charge on any atom is 0.121 e. The Morgan fingerprint density at radius 1 is 1.47 bits per heavy atom. The number of benzene rings is 1. The summed E-state index contributed by atoms with van der Waals surface area (Å²) < 4.78 is 5.29. The lowest BCUT2D eigenvalue weighted by atomic mass is 9.99. The van der Waals surface area contributed by atoms with Gasteiger partial charge in [0.15, 0.2) is 0 Å². The first-order valence-corrected chi connectivity index (χ1v) is 6.79. The molecule has 1 aliphatic rings. The molecule has 0 amide bonds. The molecule has 0 aliphatic carbocycles. The van der Waals surface area contributed by atoms with E-state index in [0.29, 0.717) is 6.04 Å². The van der Waals surface area contributed by atoms with Gasteiger partial charge in [-0.15, -0.1) is 0 Å². The van der Waals surface area contributed by atoms with E-state index in [-0.39, 0.29) is 0 Å². The molecule has 4 nitrogen and oxygen atoms in total. The summed E-state index contributed by atoms with van der Waals surface area (Å²) >= 11 is 0. The highest BCUT2D eigenvalue weighted by atomic mass is 16.5. The van der Waals surface area contributed by atoms with Crippen molar-refractivity contribution in [3.8, 4) is 11.8 Å². The van der Waals surface area contributed by atoms with Gasteiger partial charge in [-0.3, -0.25) is 0 Å². The van der Waals surface area contributed by atoms with E-state index in [1.54, 1.807) is 7.11 Å². The van der Waals surface area contributed by atoms with Crippen molar-refractivity contribution in [1.82, 2.24) is 5.32 Å². The first-order valence-electron chi connectivity index (χ1n) is 6.79. The Hall–Kier alpha value is -1.73. The van der Waals surface area contributed by atoms with Gasteiger partial charge in [0.25, 0.3) is 0 Å². The molecule has 1 aliphatic heterocycles. The smallest absolute Gasteiger partial charge is 0.121 e. The number of nitrogens with one attached hydrogen (secondary N) is 1. The molecule has 1 aromatic carbocycles. The van der Waals surface area contributed by atoms with Gasteiger partial charge in [0.2, 0.25) is 0 Å². The third-order valence-corrected chi connectivity index (χ3v) is 3.70. The van der Waals surface area contributed by atoms with E-state index in [2.05, 4.69) is 16.3 Å². The van der Waals surface area contributed by atoms with E-state index in [4.69, 9.17) is 4.74 Å². The summed E-state index contributed by atoms with van der Waals surface area (Å²) in [5, 5.41) is 12.5. The van der Waals surface area contributed by atoms with Crippen LogP contribution in [0, 0.1) is 11.3 Å². The number of ether oxygens (including phenoxy) is 1. The third-order valence-electron chi connectivity index (χ3n) is 3.70. The fourth-order valence-corrected chi connectivity index (χ4v) is 2.74. The zero-order valence-electron chi connectivity index (χ0n) is 11.6. The minimum atomic E-state index is 0.456. The molecule has 0 aromatic heterocycles. The summed E-state index contributed by atoms with van der Waals surface area (Å²) in [5.41, 5.74) is 1.73. The van der Waals surface area contributed by atoms with Crippen LogP contribution in [0.3, 0.4) is 0 Å². The molecule has 1 aromatic rings. The Morgan fingerprint density at radius 2 is 2.32 bits per heavy atom. The van der Waals surface area contributed by atoms with E-state index in [1.165, 1.54) is 19.3 Å². The quantitative estimate of drug-likeness (QED) is 0.900. The van der Waals surface area contributed by atoms with Crippen LogP contribution < -0.4 is 15.0 Å². The lowest BCUT2D eigenvalue weighted by molar-refractivity contribution is 0.413. The molecule has 0 bridgehead atoms. The molecule has 19 heavy (non-hydrogen) atoms. The Labute approximate surface area is 115 Å². The van der Waals surface area contributed by atoms with Crippen molar-refractivity contribution in [2.75, 3.05) is 32.1 Å². The lowest BCUT2D eigenvalue weighted by Gasteiger charge is -2.38. The van der Waals surface area contributed by atoms with Crippen molar-refractivity contribution in [3.05, 3.63) is 23.8 Å². The molecule has 4 heteroatoms. The zero-order chi connectivity index (χ0) is 13.7. The summed E-state index contributed by atoms with van der Waals surface area (Å²) in [7, 11) is 3.63. The number of anilines is 1. The highest BCUT2D eigenvalue weighted by Crippen LogP contribution is 2.30. The monoisotopic (exact) mass is 259 g/mol. The van der Waals surface area contributed by atoms with Crippen molar-refractivity contribution in [1.29, 1.82) is 5.26 Å². The van der Waals surface area contributed by atoms with Gasteiger partial charge in [0.1, 0.15) is 11.8 Å². The topological polar surface area (TPSA) is 48.3 Å². The first kappa shape index (κ1) is 13.7. The molecule has 0 saturated carbocycles. The second-order valence-corrected chi connectivity index (χ2v) is 4.90. The van der Waals surface area contributed by atoms with Crippen molar-refractivity contribution in [3.63, 3.8) is 0 Å². The van der Waals surface area contributed by atoms with Gasteiger partial charge < -0.3 is 15.0 Å². The molecule has 1 atom stereocenters. The average Bonchev–Trinajstić information content (AvgIpc) is 2.47. The molecular formula is C15H21N3O. The minimum Gasteiger partial charge on any atom is -0.497 e. The summed E-state index contributed by atoms with van der Waals surface area (Å²) in [5.74, 6) is 0.808. The molecule has 2 rings (SSSR count). The number of hydrogen-bond acceptors (Lipinski definition) is 4. The summed E-state index contributed by atoms with van der Waals surface area (Å²) in [6.07, 6.45) is 3.61. The predicted octanol–water partition coefficient (Wildman–Crippen LogP) is 2.15. The van der Waals surface area contributed by atoms with Crippen LogP contribution in [0.25, 0.3) is 0 Å². The van der Waals surface area contributed by atoms with Crippen LogP contribution in [0.5, 0.6) is 5.75 Å². The average molecular weight is 259 g/mol. The maximum absolute atomic E-state index is 9.30. The molecule has 1 unspecified atom stereocenters. The fourth-order valence-electron chi connectivity index (χ4n) is 2.74. The standard InChI is InChI=1S/C15H21N3O/c1-17-11-13-5-3-4-8-18(13)15-9-14(19-2)7-6-12(15)10-16/h6-7,9,13,17H,3-5,8,11H2,1-2H3. The maximum atomic E-state index is 9.30. The van der Waals surface area contributed by atoms with Crippen LogP contribution in [0.4, 0.5) is 5.69 Å². The van der Waals surface area contributed by atoms with Crippen LogP contribution in [0.15, 0.2) is 18.2 Å². The zero-order valence-corrected chi connectivity index (χ0v) is 11.6. The summed E-state index contributed by atoms with van der Waals surface area (Å²) in [6.45, 7) is 1.95. The predicted molar refractivity (Wildman–Crippen MR) is 76.6 cm³/mol. The van der Waals surface area contributed by atoms with E-state index >= 15 is 0 Å². The molecule has 1 N–H and O–H groups in total. The highest BCUT2D eigenvalue weighted by molar-refractivity contribution is 5.63. The van der Waals surface area contributed by atoms with E-state index in [9.17, 15) is 5.26 Å². The van der Waals surface area contributed by atoms with Gasteiger partial charge >= 0.3 is 0 Å². The van der Waals surface area contributed by atoms with Crippen LogP contribution in [0.2, 0.25) is 0 Å². The normalized spacial score (nSPS) is 19.0. The number of piperidine rings is 1. The summed E-state index contributed by atoms with van der Waals surface area (Å²) in [6, 6.07) is 8.42. The number of rotatable bonds is 4. The lowest BCUT2D eigenvalue weighted by Crippen LogP contribution is -2.45. The van der Waals surface area contributed by atoms with Crippen molar-refractivity contribution < 1.29 is 4.74 Å². The Bertz CT molecular complexity index is 465. The number of nitrogens with zero attached hydrogens (tertiary/aromatic N) is 2. The Balaban J connectivity index is 2.34. The van der Waals surface area contributed by atoms with Crippen LogP contribution in [-0.2, 0) is 0 Å². The largest absolute Gasteiger partial charge is 0.497 e. The second kappa shape index (κ2) is 6.44. The van der Waals surface area contributed by atoms with Crippen molar-refractivity contribution in [2.45, 2.75) is 25.3 Å². The molecule has 0 radical (unpaired) electrons. The third kappa shape index (κ3) is 2.99. The molecular weight excluding hydrogens is 238 g/mol. The molecule has 1 fully saturated rings. The van der Waals surface area contributed by atoms with Crippen LogP contribution in [-0.4, -0.2) is 33.3 Å². The Morgan fingerprint density at radius 3 is 3.00 bits per heavy atom.